The minimum Gasteiger partial charge on any atom is -0.481 e. The lowest BCUT2D eigenvalue weighted by Gasteiger charge is -2.45. The van der Waals surface area contributed by atoms with Gasteiger partial charge in [0.15, 0.2) is 0 Å². The molecule has 1 heterocycles. The van der Waals surface area contributed by atoms with Gasteiger partial charge in [0.05, 0.1) is 5.41 Å². The zero-order valence-corrected chi connectivity index (χ0v) is 12.6. The van der Waals surface area contributed by atoms with Gasteiger partial charge in [0, 0.05) is 12.0 Å². The molecular weight excluding hydrogens is 246 g/mol. The Hall–Kier alpha value is -1.10. The van der Waals surface area contributed by atoms with Gasteiger partial charge in [-0.3, -0.25) is 14.9 Å². The largest absolute Gasteiger partial charge is 0.481 e. The molecule has 0 aromatic rings. The van der Waals surface area contributed by atoms with E-state index in [0.717, 1.165) is 0 Å². The van der Waals surface area contributed by atoms with Gasteiger partial charge in [0.2, 0.25) is 0 Å². The Balaban J connectivity index is 3.53. The molecule has 19 heavy (non-hydrogen) atoms. The molecule has 0 aromatic carbocycles. The number of carboxylic acids is 2. The van der Waals surface area contributed by atoms with Crippen molar-refractivity contribution in [1.29, 1.82) is 0 Å². The minimum absolute atomic E-state index is 0.360. The topological polar surface area (TPSA) is 86.6 Å². The van der Waals surface area contributed by atoms with Crippen LogP contribution in [-0.2, 0) is 9.59 Å². The van der Waals surface area contributed by atoms with Crippen molar-refractivity contribution in [2.45, 2.75) is 59.5 Å². The molecule has 5 nitrogen and oxygen atoms in total. The third-order valence-electron chi connectivity index (χ3n) is 5.11. The lowest BCUT2D eigenvalue weighted by atomic mass is 9.55. The Morgan fingerprint density at radius 2 is 1.63 bits per heavy atom. The molecule has 1 saturated heterocycles. The SMILES string of the molecule is CC[C@@]1(C(=O)O)N[C@H](C)[C@@](C(=O)O)(C(C)(C)C)[C@@H]1C. The van der Waals surface area contributed by atoms with E-state index in [1.54, 1.807) is 20.8 Å². The summed E-state index contributed by atoms with van der Waals surface area (Å²) < 4.78 is 0. The van der Waals surface area contributed by atoms with Gasteiger partial charge in [-0.25, -0.2) is 0 Å². The van der Waals surface area contributed by atoms with Gasteiger partial charge >= 0.3 is 11.9 Å². The monoisotopic (exact) mass is 271 g/mol. The van der Waals surface area contributed by atoms with Crippen LogP contribution in [0.2, 0.25) is 0 Å². The smallest absolute Gasteiger partial charge is 0.324 e. The third kappa shape index (κ3) is 1.78. The number of aliphatic carboxylic acids is 2. The molecule has 5 heteroatoms. The van der Waals surface area contributed by atoms with Crippen LogP contribution in [0.1, 0.15) is 48.0 Å². The second kappa shape index (κ2) is 4.47. The van der Waals surface area contributed by atoms with Gasteiger partial charge in [0.1, 0.15) is 5.54 Å². The summed E-state index contributed by atoms with van der Waals surface area (Å²) in [4.78, 5) is 23.7. The Morgan fingerprint density at radius 1 is 1.16 bits per heavy atom. The first-order chi connectivity index (χ1) is 8.48. The van der Waals surface area contributed by atoms with E-state index < -0.39 is 40.3 Å². The molecule has 4 atom stereocenters. The number of rotatable bonds is 3. The minimum atomic E-state index is -1.18. The van der Waals surface area contributed by atoms with E-state index in [1.165, 1.54) is 0 Å². The molecular formula is C14H25NO4. The predicted octanol–water partition coefficient (Wildman–Crippen LogP) is 1.96. The summed E-state index contributed by atoms with van der Waals surface area (Å²) in [5.74, 6) is -2.40. The summed E-state index contributed by atoms with van der Waals surface area (Å²) in [6, 6.07) is -0.406. The second-order valence-corrected chi connectivity index (χ2v) is 6.64. The molecule has 1 aliphatic heterocycles. The maximum Gasteiger partial charge on any atom is 0.324 e. The van der Waals surface area contributed by atoms with Gasteiger partial charge in [-0.05, 0) is 18.8 Å². The van der Waals surface area contributed by atoms with Crippen LogP contribution in [0.25, 0.3) is 0 Å². The summed E-state index contributed by atoms with van der Waals surface area (Å²) in [6.07, 6.45) is 0.360. The van der Waals surface area contributed by atoms with Crippen molar-refractivity contribution >= 4 is 11.9 Å². The highest BCUT2D eigenvalue weighted by molar-refractivity contribution is 5.85. The van der Waals surface area contributed by atoms with E-state index in [4.69, 9.17) is 0 Å². The summed E-state index contributed by atoms with van der Waals surface area (Å²) in [7, 11) is 0. The quantitative estimate of drug-likeness (QED) is 0.730. The van der Waals surface area contributed by atoms with E-state index in [9.17, 15) is 19.8 Å². The lowest BCUT2D eigenvalue weighted by Crippen LogP contribution is -2.55. The number of carbonyl (C=O) groups is 2. The standard InChI is InChI=1S/C14H25NO4/c1-7-13(10(16)17)8(2)14(11(18)19,9(3)15-13)12(4,5)6/h8-9,15H,7H2,1-6H3,(H,16,17)(H,18,19)/t8-,9-,13-,14+/m1/s1. The van der Waals surface area contributed by atoms with Crippen LogP contribution in [0.15, 0.2) is 0 Å². The summed E-state index contributed by atoms with van der Waals surface area (Å²) in [5.41, 5.74) is -2.83. The molecule has 0 saturated carbocycles. The Morgan fingerprint density at radius 3 is 1.79 bits per heavy atom. The molecule has 0 aromatic heterocycles. The van der Waals surface area contributed by atoms with Crippen molar-refractivity contribution in [3.05, 3.63) is 0 Å². The zero-order chi connectivity index (χ0) is 15.2. The van der Waals surface area contributed by atoms with Crippen LogP contribution < -0.4 is 5.32 Å². The maximum atomic E-state index is 12.0. The van der Waals surface area contributed by atoms with Crippen LogP contribution in [0.5, 0.6) is 0 Å². The maximum absolute atomic E-state index is 12.0. The first kappa shape index (κ1) is 16.0. The number of hydrogen-bond acceptors (Lipinski definition) is 3. The Kier molecular flexibility index (Phi) is 3.76. The van der Waals surface area contributed by atoms with Crippen molar-refractivity contribution in [2.75, 3.05) is 0 Å². The molecule has 1 aliphatic rings. The molecule has 0 bridgehead atoms. The van der Waals surface area contributed by atoms with E-state index in [0.29, 0.717) is 6.42 Å². The first-order valence-electron chi connectivity index (χ1n) is 6.73. The molecule has 0 spiro atoms. The highest BCUT2D eigenvalue weighted by Gasteiger charge is 2.69. The number of nitrogens with one attached hydrogen (secondary N) is 1. The third-order valence-corrected chi connectivity index (χ3v) is 5.11. The normalized spacial score (nSPS) is 39.3. The van der Waals surface area contributed by atoms with Gasteiger partial charge in [-0.15, -0.1) is 0 Å². The molecule has 1 rings (SSSR count). The van der Waals surface area contributed by atoms with E-state index in [-0.39, 0.29) is 0 Å². The summed E-state index contributed by atoms with van der Waals surface area (Å²) in [5, 5.41) is 22.5. The summed E-state index contributed by atoms with van der Waals surface area (Å²) in [6.45, 7) is 10.9. The van der Waals surface area contributed by atoms with Gasteiger partial charge in [-0.1, -0.05) is 34.6 Å². The predicted molar refractivity (Wildman–Crippen MR) is 71.9 cm³/mol. The van der Waals surface area contributed by atoms with Crippen molar-refractivity contribution in [1.82, 2.24) is 5.32 Å². The van der Waals surface area contributed by atoms with Gasteiger partial charge in [-0.2, -0.15) is 0 Å². The highest BCUT2D eigenvalue weighted by atomic mass is 16.4. The van der Waals surface area contributed by atoms with Crippen molar-refractivity contribution in [3.63, 3.8) is 0 Å². The fourth-order valence-electron chi connectivity index (χ4n) is 4.19. The van der Waals surface area contributed by atoms with Crippen molar-refractivity contribution in [3.8, 4) is 0 Å². The zero-order valence-electron chi connectivity index (χ0n) is 12.6. The lowest BCUT2D eigenvalue weighted by molar-refractivity contribution is -0.163. The van der Waals surface area contributed by atoms with E-state index in [1.807, 2.05) is 20.8 Å². The van der Waals surface area contributed by atoms with Gasteiger partial charge in [0.25, 0.3) is 0 Å². The van der Waals surface area contributed by atoms with Crippen LogP contribution in [0, 0.1) is 16.7 Å². The molecule has 3 N–H and O–H groups in total. The van der Waals surface area contributed by atoms with Crippen molar-refractivity contribution < 1.29 is 19.8 Å². The first-order valence-corrected chi connectivity index (χ1v) is 6.73. The Labute approximate surface area is 114 Å². The molecule has 1 fully saturated rings. The van der Waals surface area contributed by atoms with Gasteiger partial charge < -0.3 is 10.2 Å². The number of carboxylic acid groups (broad SMARTS) is 2. The second-order valence-electron chi connectivity index (χ2n) is 6.64. The number of hydrogen-bond donors (Lipinski definition) is 3. The van der Waals surface area contributed by atoms with Crippen LogP contribution in [0.4, 0.5) is 0 Å². The molecule has 0 radical (unpaired) electrons. The van der Waals surface area contributed by atoms with E-state index in [2.05, 4.69) is 5.32 Å². The van der Waals surface area contributed by atoms with Crippen LogP contribution in [-0.4, -0.2) is 33.7 Å². The van der Waals surface area contributed by atoms with Crippen molar-refractivity contribution in [2.24, 2.45) is 16.7 Å². The molecule has 110 valence electrons. The molecule has 0 amide bonds. The summed E-state index contributed by atoms with van der Waals surface area (Å²) >= 11 is 0. The average molecular weight is 271 g/mol. The Bertz CT molecular complexity index is 401. The fourth-order valence-corrected chi connectivity index (χ4v) is 4.19. The van der Waals surface area contributed by atoms with Crippen LogP contribution >= 0.6 is 0 Å². The fraction of sp³-hybridized carbons (Fsp3) is 0.857. The van der Waals surface area contributed by atoms with Crippen LogP contribution in [0.3, 0.4) is 0 Å². The highest BCUT2D eigenvalue weighted by Crippen LogP contribution is 2.56. The average Bonchev–Trinajstić information content (AvgIpc) is 2.47. The molecule has 0 unspecified atom stereocenters. The molecule has 0 aliphatic carbocycles. The van der Waals surface area contributed by atoms with E-state index >= 15 is 0 Å².